The van der Waals surface area contributed by atoms with Crippen molar-refractivity contribution >= 4 is 17.3 Å². The van der Waals surface area contributed by atoms with Gasteiger partial charge in [0.2, 0.25) is 0 Å². The Morgan fingerprint density at radius 2 is 1.56 bits per heavy atom. The van der Waals surface area contributed by atoms with Crippen LogP contribution in [0.5, 0.6) is 0 Å². The summed E-state index contributed by atoms with van der Waals surface area (Å²) in [6.07, 6.45) is 1.65. The summed E-state index contributed by atoms with van der Waals surface area (Å²) in [6.45, 7) is 6.38. The lowest BCUT2D eigenvalue weighted by molar-refractivity contribution is 0.102. The van der Waals surface area contributed by atoms with E-state index < -0.39 is 0 Å². The van der Waals surface area contributed by atoms with E-state index in [1.165, 1.54) is 11.1 Å². The number of benzene rings is 2. The quantitative estimate of drug-likeness (QED) is 0.600. The summed E-state index contributed by atoms with van der Waals surface area (Å²) < 4.78 is 0. The fourth-order valence-electron chi connectivity index (χ4n) is 2.87. The summed E-state index contributed by atoms with van der Waals surface area (Å²) in [7, 11) is 0. The van der Waals surface area contributed by atoms with Crippen LogP contribution in [0.4, 0.5) is 11.4 Å². The first-order chi connectivity index (χ1) is 13.0. The summed E-state index contributed by atoms with van der Waals surface area (Å²) in [4.78, 5) is 16.7. The fraction of sp³-hybridized carbons (Fsp3) is 0.217. The van der Waals surface area contributed by atoms with Crippen LogP contribution in [0, 0.1) is 0 Å². The van der Waals surface area contributed by atoms with Crippen molar-refractivity contribution < 1.29 is 4.79 Å². The van der Waals surface area contributed by atoms with Gasteiger partial charge < -0.3 is 10.6 Å². The van der Waals surface area contributed by atoms with Crippen LogP contribution in [0.25, 0.3) is 0 Å². The monoisotopic (exact) mass is 359 g/mol. The zero-order valence-corrected chi connectivity index (χ0v) is 15.9. The van der Waals surface area contributed by atoms with E-state index in [1.54, 1.807) is 12.3 Å². The van der Waals surface area contributed by atoms with Crippen molar-refractivity contribution in [3.05, 3.63) is 89.7 Å². The van der Waals surface area contributed by atoms with Crippen molar-refractivity contribution in [2.24, 2.45) is 0 Å². The summed E-state index contributed by atoms with van der Waals surface area (Å²) in [5, 5.41) is 6.32. The first kappa shape index (κ1) is 18.6. The van der Waals surface area contributed by atoms with Crippen LogP contribution in [-0.2, 0) is 0 Å². The van der Waals surface area contributed by atoms with Crippen LogP contribution in [0.2, 0.25) is 0 Å². The molecule has 0 aliphatic heterocycles. The van der Waals surface area contributed by atoms with Crippen molar-refractivity contribution in [3.63, 3.8) is 0 Å². The third-order valence-electron chi connectivity index (χ3n) is 4.51. The van der Waals surface area contributed by atoms with Gasteiger partial charge in [-0.15, -0.1) is 0 Å². The Morgan fingerprint density at radius 1 is 0.852 bits per heavy atom. The predicted octanol–water partition coefficient (Wildman–Crippen LogP) is 5.63. The maximum atomic E-state index is 12.5. The van der Waals surface area contributed by atoms with Crippen LogP contribution in [0.1, 0.15) is 54.3 Å². The maximum Gasteiger partial charge on any atom is 0.274 e. The highest BCUT2D eigenvalue weighted by molar-refractivity contribution is 6.03. The second-order valence-corrected chi connectivity index (χ2v) is 6.94. The molecule has 4 heteroatoms. The molecule has 4 nitrogen and oxygen atoms in total. The number of nitrogens with zero attached hydrogens (tertiary/aromatic N) is 1. The van der Waals surface area contributed by atoms with Gasteiger partial charge in [0.05, 0.1) is 0 Å². The molecule has 0 aliphatic carbocycles. The molecule has 0 bridgehead atoms. The molecule has 1 aromatic heterocycles. The molecule has 1 atom stereocenters. The Labute approximate surface area is 160 Å². The number of carbonyl (C=O) groups excluding carboxylic acids is 1. The van der Waals surface area contributed by atoms with E-state index in [0.717, 1.165) is 11.4 Å². The Hall–Kier alpha value is -3.14. The standard InChI is InChI=1S/C23H25N3O/c1-16(2)18-9-11-20(12-10-18)26-23(27)22-15-21(13-14-24-22)25-17(3)19-7-5-4-6-8-19/h4-17H,1-3H3,(H,24,25)(H,26,27). The Bertz CT molecular complexity index is 889. The fourth-order valence-corrected chi connectivity index (χ4v) is 2.87. The topological polar surface area (TPSA) is 54.0 Å². The minimum Gasteiger partial charge on any atom is -0.378 e. The van der Waals surface area contributed by atoms with E-state index in [4.69, 9.17) is 0 Å². The van der Waals surface area contributed by atoms with Crippen molar-refractivity contribution in [3.8, 4) is 0 Å². The van der Waals surface area contributed by atoms with Gasteiger partial charge in [-0.1, -0.05) is 56.3 Å². The molecule has 1 unspecified atom stereocenters. The third kappa shape index (κ3) is 4.94. The van der Waals surface area contributed by atoms with E-state index in [0.29, 0.717) is 11.6 Å². The zero-order valence-electron chi connectivity index (χ0n) is 15.9. The molecule has 0 radical (unpaired) electrons. The minimum atomic E-state index is -0.219. The van der Waals surface area contributed by atoms with Crippen LogP contribution in [-0.4, -0.2) is 10.9 Å². The van der Waals surface area contributed by atoms with Crippen molar-refractivity contribution in [2.45, 2.75) is 32.7 Å². The Balaban J connectivity index is 1.68. The molecule has 2 aromatic carbocycles. The molecule has 3 rings (SSSR count). The van der Waals surface area contributed by atoms with Crippen LogP contribution < -0.4 is 10.6 Å². The van der Waals surface area contributed by atoms with Crippen LogP contribution >= 0.6 is 0 Å². The average Bonchev–Trinajstić information content (AvgIpc) is 2.69. The number of carbonyl (C=O) groups is 1. The molecule has 2 N–H and O–H groups in total. The highest BCUT2D eigenvalue weighted by Crippen LogP contribution is 2.20. The second-order valence-electron chi connectivity index (χ2n) is 6.94. The largest absolute Gasteiger partial charge is 0.378 e. The second kappa shape index (κ2) is 8.49. The number of rotatable bonds is 6. The van der Waals surface area contributed by atoms with Gasteiger partial charge in [0.25, 0.3) is 5.91 Å². The molecule has 27 heavy (non-hydrogen) atoms. The first-order valence-electron chi connectivity index (χ1n) is 9.22. The normalized spacial score (nSPS) is 11.9. The van der Waals surface area contributed by atoms with E-state index in [1.807, 2.05) is 48.5 Å². The van der Waals surface area contributed by atoms with Gasteiger partial charge in [0.1, 0.15) is 5.69 Å². The van der Waals surface area contributed by atoms with Gasteiger partial charge in [-0.25, -0.2) is 0 Å². The van der Waals surface area contributed by atoms with Crippen molar-refractivity contribution in [2.75, 3.05) is 10.6 Å². The molecule has 0 saturated carbocycles. The van der Waals surface area contributed by atoms with Gasteiger partial charge in [-0.3, -0.25) is 9.78 Å². The molecule has 0 spiro atoms. The van der Waals surface area contributed by atoms with E-state index in [-0.39, 0.29) is 11.9 Å². The maximum absolute atomic E-state index is 12.5. The van der Waals surface area contributed by atoms with Gasteiger partial charge >= 0.3 is 0 Å². The summed E-state index contributed by atoms with van der Waals surface area (Å²) >= 11 is 0. The van der Waals surface area contributed by atoms with Crippen molar-refractivity contribution in [1.82, 2.24) is 4.98 Å². The first-order valence-corrected chi connectivity index (χ1v) is 9.22. The molecular weight excluding hydrogens is 334 g/mol. The van der Waals surface area contributed by atoms with Gasteiger partial charge in [-0.2, -0.15) is 0 Å². The lowest BCUT2D eigenvalue weighted by atomic mass is 10.0. The number of nitrogens with one attached hydrogen (secondary N) is 2. The third-order valence-corrected chi connectivity index (χ3v) is 4.51. The van der Waals surface area contributed by atoms with E-state index in [9.17, 15) is 4.79 Å². The molecule has 3 aromatic rings. The number of aromatic nitrogens is 1. The van der Waals surface area contributed by atoms with Gasteiger partial charge in [0, 0.05) is 23.6 Å². The lowest BCUT2D eigenvalue weighted by Gasteiger charge is -2.16. The molecular formula is C23H25N3O. The number of hydrogen-bond donors (Lipinski definition) is 2. The number of pyridine rings is 1. The molecule has 0 fully saturated rings. The highest BCUT2D eigenvalue weighted by atomic mass is 16.1. The molecule has 0 aliphatic rings. The lowest BCUT2D eigenvalue weighted by Crippen LogP contribution is -2.14. The average molecular weight is 359 g/mol. The van der Waals surface area contributed by atoms with E-state index in [2.05, 4.69) is 48.5 Å². The molecule has 1 heterocycles. The zero-order chi connectivity index (χ0) is 19.2. The summed E-state index contributed by atoms with van der Waals surface area (Å²) in [5.74, 6) is 0.245. The molecule has 138 valence electrons. The smallest absolute Gasteiger partial charge is 0.274 e. The number of amides is 1. The van der Waals surface area contributed by atoms with Crippen LogP contribution in [0.3, 0.4) is 0 Å². The summed E-state index contributed by atoms with van der Waals surface area (Å²) in [5.41, 5.74) is 4.44. The van der Waals surface area contributed by atoms with E-state index >= 15 is 0 Å². The van der Waals surface area contributed by atoms with Crippen LogP contribution in [0.15, 0.2) is 72.9 Å². The van der Waals surface area contributed by atoms with Crippen molar-refractivity contribution in [1.29, 1.82) is 0 Å². The molecule has 1 amide bonds. The van der Waals surface area contributed by atoms with Gasteiger partial charge in [0.15, 0.2) is 0 Å². The predicted molar refractivity (Wildman–Crippen MR) is 111 cm³/mol. The number of hydrogen-bond acceptors (Lipinski definition) is 3. The minimum absolute atomic E-state index is 0.132. The Kier molecular flexibility index (Phi) is 5.87. The highest BCUT2D eigenvalue weighted by Gasteiger charge is 2.11. The Morgan fingerprint density at radius 3 is 2.22 bits per heavy atom. The SMILES string of the molecule is CC(C)c1ccc(NC(=O)c2cc(NC(C)c3ccccc3)ccn2)cc1. The van der Waals surface area contributed by atoms with Gasteiger partial charge in [-0.05, 0) is 48.2 Å². The summed E-state index contributed by atoms with van der Waals surface area (Å²) in [6, 6.07) is 21.9. The molecule has 0 saturated heterocycles. The number of anilines is 2.